The van der Waals surface area contributed by atoms with Crippen LogP contribution >= 0.6 is 0 Å². The maximum atomic E-state index is 12.7. The number of ether oxygens (including phenoxy) is 1. The first-order chi connectivity index (χ1) is 12.0. The van der Waals surface area contributed by atoms with E-state index in [0.717, 1.165) is 22.4 Å². The number of amides is 1. The molecule has 6 nitrogen and oxygen atoms in total. The van der Waals surface area contributed by atoms with Crippen LogP contribution in [0.2, 0.25) is 0 Å². The van der Waals surface area contributed by atoms with Crippen molar-refractivity contribution in [1.82, 2.24) is 20.1 Å². The lowest BCUT2D eigenvalue weighted by Gasteiger charge is -2.10. The Morgan fingerprint density at radius 2 is 2.00 bits per heavy atom. The number of pyridine rings is 1. The maximum Gasteiger partial charge on any atom is 0.252 e. The molecule has 0 saturated carbocycles. The van der Waals surface area contributed by atoms with E-state index in [4.69, 9.17) is 4.74 Å². The van der Waals surface area contributed by atoms with Crippen LogP contribution in [0.15, 0.2) is 36.5 Å². The van der Waals surface area contributed by atoms with Crippen molar-refractivity contribution >= 4 is 16.9 Å². The molecule has 25 heavy (non-hydrogen) atoms. The van der Waals surface area contributed by atoms with Crippen molar-refractivity contribution in [3.05, 3.63) is 42.1 Å². The number of benzene rings is 1. The molecule has 1 N–H and O–H groups in total. The maximum absolute atomic E-state index is 12.7. The van der Waals surface area contributed by atoms with Crippen molar-refractivity contribution in [2.75, 3.05) is 13.7 Å². The van der Waals surface area contributed by atoms with Crippen LogP contribution in [0.25, 0.3) is 22.3 Å². The van der Waals surface area contributed by atoms with Gasteiger partial charge in [-0.2, -0.15) is 5.10 Å². The molecule has 0 fully saturated rings. The van der Waals surface area contributed by atoms with Crippen LogP contribution in [-0.4, -0.2) is 34.3 Å². The Morgan fingerprint density at radius 1 is 1.28 bits per heavy atom. The lowest BCUT2D eigenvalue weighted by molar-refractivity contribution is 0.0950. The number of rotatable bonds is 5. The molecule has 3 aromatic rings. The second-order valence-electron chi connectivity index (χ2n) is 6.39. The minimum atomic E-state index is -0.108. The van der Waals surface area contributed by atoms with Gasteiger partial charge in [-0.15, -0.1) is 0 Å². The quantitative estimate of drug-likeness (QED) is 0.776. The van der Waals surface area contributed by atoms with Gasteiger partial charge in [0.1, 0.15) is 5.75 Å². The van der Waals surface area contributed by atoms with Crippen molar-refractivity contribution in [2.45, 2.75) is 13.8 Å². The van der Waals surface area contributed by atoms with E-state index in [-0.39, 0.29) is 5.91 Å². The summed E-state index contributed by atoms with van der Waals surface area (Å²) in [6.45, 7) is 4.76. The van der Waals surface area contributed by atoms with Crippen LogP contribution in [0, 0.1) is 5.92 Å². The van der Waals surface area contributed by atoms with E-state index in [1.54, 1.807) is 18.0 Å². The van der Waals surface area contributed by atoms with Gasteiger partial charge in [-0.3, -0.25) is 9.48 Å². The van der Waals surface area contributed by atoms with Crippen molar-refractivity contribution in [2.24, 2.45) is 13.0 Å². The van der Waals surface area contributed by atoms with E-state index < -0.39 is 0 Å². The fourth-order valence-corrected chi connectivity index (χ4v) is 2.60. The Bertz CT molecular complexity index is 898. The second kappa shape index (κ2) is 6.93. The molecule has 0 unspecified atom stereocenters. The number of aromatic nitrogens is 3. The Morgan fingerprint density at radius 3 is 2.64 bits per heavy atom. The van der Waals surface area contributed by atoms with Gasteiger partial charge < -0.3 is 10.1 Å². The smallest absolute Gasteiger partial charge is 0.252 e. The fraction of sp³-hybridized carbons (Fsp3) is 0.316. The van der Waals surface area contributed by atoms with E-state index in [1.807, 2.05) is 37.4 Å². The van der Waals surface area contributed by atoms with Gasteiger partial charge in [0.05, 0.1) is 30.0 Å². The normalized spacial score (nSPS) is 11.1. The van der Waals surface area contributed by atoms with E-state index in [0.29, 0.717) is 23.7 Å². The molecule has 0 atom stereocenters. The molecule has 0 bridgehead atoms. The summed E-state index contributed by atoms with van der Waals surface area (Å²) in [5, 5.41) is 7.97. The predicted molar refractivity (Wildman–Crippen MR) is 97.7 cm³/mol. The SMILES string of the molecule is COc1ccc(-c2cc(C(=O)NCC(C)C)c3cnn(C)c3n2)cc1. The first-order valence-electron chi connectivity index (χ1n) is 8.25. The summed E-state index contributed by atoms with van der Waals surface area (Å²) in [6, 6.07) is 9.44. The molecule has 2 heterocycles. The number of aryl methyl sites for hydroxylation is 1. The Hall–Kier alpha value is -2.89. The summed E-state index contributed by atoms with van der Waals surface area (Å²) in [5.41, 5.74) is 2.92. The number of methoxy groups -OCH3 is 1. The first kappa shape index (κ1) is 17.0. The largest absolute Gasteiger partial charge is 0.497 e. The number of nitrogens with zero attached hydrogens (tertiary/aromatic N) is 3. The molecular weight excluding hydrogens is 316 g/mol. The molecule has 130 valence electrons. The molecule has 0 spiro atoms. The highest BCUT2D eigenvalue weighted by atomic mass is 16.5. The topological polar surface area (TPSA) is 69.0 Å². The number of hydrogen-bond donors (Lipinski definition) is 1. The summed E-state index contributed by atoms with van der Waals surface area (Å²) < 4.78 is 6.88. The molecule has 0 aliphatic heterocycles. The first-order valence-corrected chi connectivity index (χ1v) is 8.25. The second-order valence-corrected chi connectivity index (χ2v) is 6.39. The predicted octanol–water partition coefficient (Wildman–Crippen LogP) is 3.03. The van der Waals surface area contributed by atoms with Crippen molar-refractivity contribution < 1.29 is 9.53 Å². The highest BCUT2D eigenvalue weighted by Crippen LogP contribution is 2.26. The zero-order valence-corrected chi connectivity index (χ0v) is 14.9. The lowest BCUT2D eigenvalue weighted by Crippen LogP contribution is -2.27. The Labute approximate surface area is 146 Å². The van der Waals surface area contributed by atoms with E-state index in [9.17, 15) is 4.79 Å². The third kappa shape index (κ3) is 3.47. The fourth-order valence-electron chi connectivity index (χ4n) is 2.60. The average molecular weight is 338 g/mol. The molecule has 1 amide bonds. The van der Waals surface area contributed by atoms with Gasteiger partial charge in [-0.25, -0.2) is 4.98 Å². The van der Waals surface area contributed by atoms with E-state index in [2.05, 4.69) is 29.2 Å². The van der Waals surface area contributed by atoms with Crippen molar-refractivity contribution in [3.8, 4) is 17.0 Å². The summed E-state index contributed by atoms with van der Waals surface area (Å²) in [6.07, 6.45) is 1.68. The molecule has 3 rings (SSSR count). The lowest BCUT2D eigenvalue weighted by atomic mass is 10.1. The zero-order valence-electron chi connectivity index (χ0n) is 14.9. The van der Waals surface area contributed by atoms with Gasteiger partial charge in [0.25, 0.3) is 5.91 Å². The number of carbonyl (C=O) groups is 1. The summed E-state index contributed by atoms with van der Waals surface area (Å²) in [7, 11) is 3.45. The van der Waals surface area contributed by atoms with Gasteiger partial charge >= 0.3 is 0 Å². The van der Waals surface area contributed by atoms with Crippen LogP contribution < -0.4 is 10.1 Å². The Kier molecular flexibility index (Phi) is 4.70. The minimum absolute atomic E-state index is 0.108. The minimum Gasteiger partial charge on any atom is -0.497 e. The molecule has 2 aromatic heterocycles. The molecule has 6 heteroatoms. The molecular formula is C19H22N4O2. The highest BCUT2D eigenvalue weighted by molar-refractivity contribution is 6.06. The number of carbonyl (C=O) groups excluding carboxylic acids is 1. The summed E-state index contributed by atoms with van der Waals surface area (Å²) in [5.74, 6) is 1.06. The molecule has 0 aliphatic rings. The zero-order chi connectivity index (χ0) is 18.0. The van der Waals surface area contributed by atoms with Crippen LogP contribution in [-0.2, 0) is 7.05 Å². The van der Waals surface area contributed by atoms with Gasteiger partial charge in [0.2, 0.25) is 0 Å². The van der Waals surface area contributed by atoms with Crippen LogP contribution in [0.4, 0.5) is 0 Å². The van der Waals surface area contributed by atoms with Crippen LogP contribution in [0.1, 0.15) is 24.2 Å². The number of fused-ring (bicyclic) bond motifs is 1. The number of nitrogens with one attached hydrogen (secondary N) is 1. The summed E-state index contributed by atoms with van der Waals surface area (Å²) >= 11 is 0. The molecule has 0 aliphatic carbocycles. The number of hydrogen-bond acceptors (Lipinski definition) is 4. The van der Waals surface area contributed by atoms with Gasteiger partial charge in [-0.1, -0.05) is 13.8 Å². The standard InChI is InChI=1S/C19H22N4O2/c1-12(2)10-20-19(24)15-9-17(13-5-7-14(25-4)8-6-13)22-18-16(15)11-21-23(18)3/h5-9,11-12H,10H2,1-4H3,(H,20,24). The average Bonchev–Trinajstić information content (AvgIpc) is 3.00. The molecule has 1 aromatic carbocycles. The van der Waals surface area contributed by atoms with Gasteiger partial charge in [0.15, 0.2) is 5.65 Å². The van der Waals surface area contributed by atoms with Crippen LogP contribution in [0.5, 0.6) is 5.75 Å². The third-order valence-corrected chi connectivity index (χ3v) is 4.01. The summed E-state index contributed by atoms with van der Waals surface area (Å²) in [4.78, 5) is 17.3. The third-order valence-electron chi connectivity index (χ3n) is 4.01. The Balaban J connectivity index is 2.07. The monoisotopic (exact) mass is 338 g/mol. The highest BCUT2D eigenvalue weighted by Gasteiger charge is 2.16. The van der Waals surface area contributed by atoms with Crippen LogP contribution in [0.3, 0.4) is 0 Å². The molecule has 0 saturated heterocycles. The van der Waals surface area contributed by atoms with Crippen molar-refractivity contribution in [3.63, 3.8) is 0 Å². The van der Waals surface area contributed by atoms with Gasteiger partial charge in [-0.05, 0) is 36.2 Å². The van der Waals surface area contributed by atoms with Crippen molar-refractivity contribution in [1.29, 1.82) is 0 Å². The van der Waals surface area contributed by atoms with E-state index >= 15 is 0 Å². The molecule has 0 radical (unpaired) electrons. The van der Waals surface area contributed by atoms with Gasteiger partial charge in [0, 0.05) is 19.2 Å². The van der Waals surface area contributed by atoms with E-state index in [1.165, 1.54) is 0 Å².